The predicted molar refractivity (Wildman–Crippen MR) is 342 cm³/mol. The number of carbonyl (C=O) groups is 6. The molecule has 11 rings (SSSR count). The number of nitrogens with zero attached hydrogens (tertiary/aromatic N) is 10. The summed E-state index contributed by atoms with van der Waals surface area (Å²) in [6.07, 6.45) is 4.87. The zero-order valence-electron chi connectivity index (χ0n) is 51.2. The Balaban J connectivity index is 0.000000225. The van der Waals surface area contributed by atoms with Crippen molar-refractivity contribution in [3.05, 3.63) is 126 Å². The highest BCUT2D eigenvalue weighted by Crippen LogP contribution is 2.48. The first-order chi connectivity index (χ1) is 41.4. The number of rotatable bonds is 19. The lowest BCUT2D eigenvalue weighted by molar-refractivity contribution is -0.147. The van der Waals surface area contributed by atoms with Crippen LogP contribution in [-0.4, -0.2) is 200 Å². The van der Waals surface area contributed by atoms with E-state index >= 15 is 0 Å². The quantitative estimate of drug-likeness (QED) is 0.0676. The van der Waals surface area contributed by atoms with Gasteiger partial charge in [0.25, 0.3) is 0 Å². The molecule has 6 aliphatic heterocycles. The number of fused-ring (bicyclic) bond motifs is 2. The van der Waals surface area contributed by atoms with Gasteiger partial charge in [0.1, 0.15) is 23.7 Å². The zero-order valence-corrected chi connectivity index (χ0v) is 54.8. The van der Waals surface area contributed by atoms with Gasteiger partial charge in [-0.3, -0.25) is 29.4 Å². The zero-order chi connectivity index (χ0) is 62.3. The van der Waals surface area contributed by atoms with Crippen LogP contribution in [0.25, 0.3) is 0 Å². The summed E-state index contributed by atoms with van der Waals surface area (Å²) in [5.41, 5.74) is 0.938. The van der Waals surface area contributed by atoms with Crippen LogP contribution in [0, 0.1) is 36.3 Å². The van der Waals surface area contributed by atoms with Gasteiger partial charge in [-0.05, 0) is 109 Å². The third-order valence-corrected chi connectivity index (χ3v) is 19.2. The van der Waals surface area contributed by atoms with Crippen molar-refractivity contribution in [2.24, 2.45) is 20.8 Å². The van der Waals surface area contributed by atoms with E-state index in [9.17, 15) is 47.8 Å². The van der Waals surface area contributed by atoms with E-state index in [2.05, 4.69) is 30.4 Å². The molecule has 0 radical (unpaired) electrons. The van der Waals surface area contributed by atoms with E-state index in [1.165, 1.54) is 34.8 Å². The monoisotopic (exact) mass is 1300 g/mol. The molecule has 2 aromatic heterocycles. The second-order valence-corrected chi connectivity index (χ2v) is 26.2. The Bertz CT molecular complexity index is 3490. The third-order valence-electron chi connectivity index (χ3n) is 17.6. The highest BCUT2D eigenvalue weighted by atomic mass is 32.1. The van der Waals surface area contributed by atoms with Gasteiger partial charge in [-0.2, -0.15) is 27.0 Å². The molecule has 7 aliphatic rings. The minimum Gasteiger partial charge on any atom is -0.481 e. The third kappa shape index (κ3) is 13.9. The first kappa shape index (κ1) is 67.9. The van der Waals surface area contributed by atoms with Gasteiger partial charge in [-0.25, -0.2) is 37.9 Å². The Morgan fingerprint density at radius 1 is 0.685 bits per heavy atom. The van der Waals surface area contributed by atoms with Crippen LogP contribution < -0.4 is 10.6 Å². The molecular formula is C61H78F2N12O10S4. The number of aromatic nitrogens is 2. The molecule has 2 aromatic carbocycles. The first-order valence-electron chi connectivity index (χ1n) is 29.2. The number of hydrogen-bond acceptors (Lipinski definition) is 18. The molecule has 1 saturated carbocycles. The van der Waals surface area contributed by atoms with Gasteiger partial charge in [0, 0.05) is 113 Å². The number of piperazine rings is 2. The van der Waals surface area contributed by atoms with Crippen molar-refractivity contribution in [2.75, 3.05) is 91.8 Å². The van der Waals surface area contributed by atoms with Crippen molar-refractivity contribution in [1.82, 2.24) is 50.0 Å². The van der Waals surface area contributed by atoms with Crippen LogP contribution in [0.4, 0.5) is 18.4 Å². The van der Waals surface area contributed by atoms with Crippen LogP contribution in [0.5, 0.6) is 0 Å². The Morgan fingerprint density at radius 3 is 1.52 bits per heavy atom. The van der Waals surface area contributed by atoms with Gasteiger partial charge in [-0.15, -0.1) is 22.7 Å². The number of halogens is 2. The van der Waals surface area contributed by atoms with E-state index in [1.54, 1.807) is 88.0 Å². The molecule has 28 heteroatoms. The lowest BCUT2D eigenvalue weighted by Gasteiger charge is -2.44. The molecule has 8 heterocycles. The summed E-state index contributed by atoms with van der Waals surface area (Å²) in [6, 6.07) is 7.71. The molecule has 4 amide bonds. The van der Waals surface area contributed by atoms with Crippen molar-refractivity contribution in [1.29, 1.82) is 0 Å². The minimum atomic E-state index is -0.938. The smallest absolute Gasteiger partial charge is 0.338 e. The second-order valence-electron chi connectivity index (χ2n) is 24.4. The SMILES string of the molecule is CCOC(=O)C1=C(CN2CCN3C(=O)N(CC4(C(=O)O)CC4)C[C@]3(C)C2)NC(c2nccs2)=N[C@H]1c1cccc(F)c1C.CCOC(=O)C1=C(CN2CCN3C(=O)N(CCC(C)(C)C(=O)O)C[C@]3(C)C2)NC(c2nccs2)=N[C@H]1c1cccc(F)c1C.S.S. The van der Waals surface area contributed by atoms with Crippen LogP contribution in [0.3, 0.4) is 0 Å². The van der Waals surface area contributed by atoms with E-state index in [0.29, 0.717) is 158 Å². The van der Waals surface area contributed by atoms with Gasteiger partial charge >= 0.3 is 35.9 Å². The number of urea groups is 2. The lowest BCUT2D eigenvalue weighted by atomic mass is 9.89. The number of aliphatic carboxylic acids is 2. The van der Waals surface area contributed by atoms with E-state index in [0.717, 1.165) is 0 Å². The molecule has 5 fully saturated rings. The van der Waals surface area contributed by atoms with Gasteiger partial charge in [0.2, 0.25) is 0 Å². The average molecular weight is 1310 g/mol. The van der Waals surface area contributed by atoms with E-state index in [4.69, 9.17) is 19.5 Å². The van der Waals surface area contributed by atoms with Crippen LogP contribution in [0.2, 0.25) is 0 Å². The molecule has 0 spiro atoms. The van der Waals surface area contributed by atoms with Crippen molar-refractivity contribution >= 4 is 97.3 Å². The normalized spacial score (nSPS) is 23.2. The number of ether oxygens (including phenoxy) is 2. The standard InChI is InChI=1S/C31H39FN6O5S.C30H35FN6O5S.2H2S/c1-6-43-27(39)23-22(34-25(26-33-11-15-44-26)35-24(23)20-8-7-9-21(32)19(20)2)16-36-13-14-38-29(42)37(18-31(38,5)17-36)12-10-30(3,4)28(40)41;1-4-42-26(38)22-21(33-24(25-32-10-13-43-25)34-23(22)19-6-5-7-20(31)18(19)2)14-35-11-12-37-28(41)36(16-29(37,3)15-35)17-30(8-9-30)27(39)40;;/h7-9,11,15,24H,6,10,12-14,16-18H2,1-5H3,(H,34,35)(H,40,41);5-7,10,13,23H,4,8-9,11-12,14-17H2,1-3H3,(H,33,34)(H,39,40);2*1H2/t24-,31-;23-,29-;;/m00../s1. The number of nitrogens with one attached hydrogen (secondary N) is 2. The summed E-state index contributed by atoms with van der Waals surface area (Å²) >= 11 is 2.81. The lowest BCUT2D eigenvalue weighted by Crippen LogP contribution is -2.60. The Kier molecular flexibility index (Phi) is 20.8. The molecule has 4 N–H and O–H groups in total. The summed E-state index contributed by atoms with van der Waals surface area (Å²) in [7, 11) is 0. The fourth-order valence-corrected chi connectivity index (χ4v) is 13.7. The summed E-state index contributed by atoms with van der Waals surface area (Å²) in [5, 5.41) is 30.9. The van der Waals surface area contributed by atoms with Crippen molar-refractivity contribution < 1.29 is 57.2 Å². The highest BCUT2D eigenvalue weighted by Gasteiger charge is 2.57. The van der Waals surface area contributed by atoms with Crippen molar-refractivity contribution in [2.45, 2.75) is 97.8 Å². The molecule has 480 valence electrons. The number of thiazole rings is 2. The number of hydrogen-bond donors (Lipinski definition) is 4. The maximum absolute atomic E-state index is 14.8. The summed E-state index contributed by atoms with van der Waals surface area (Å²) in [5.74, 6) is -2.59. The second kappa shape index (κ2) is 27.2. The molecule has 0 unspecified atom stereocenters. The molecule has 0 bridgehead atoms. The molecule has 4 atom stereocenters. The number of benzene rings is 2. The van der Waals surface area contributed by atoms with Crippen molar-refractivity contribution in [3.8, 4) is 0 Å². The highest BCUT2D eigenvalue weighted by molar-refractivity contribution is 7.59. The first-order valence-corrected chi connectivity index (χ1v) is 31.0. The Labute approximate surface area is 538 Å². The number of carboxylic acid groups (broad SMARTS) is 2. The number of esters is 2. The number of amides is 4. The molecule has 4 aromatic rings. The van der Waals surface area contributed by atoms with Gasteiger partial charge in [-0.1, -0.05) is 24.3 Å². The van der Waals surface area contributed by atoms with Gasteiger partial charge in [0.05, 0.1) is 46.3 Å². The Hall–Kier alpha value is -6.98. The van der Waals surface area contributed by atoms with Crippen LogP contribution in [0.15, 0.2) is 92.1 Å². The number of aliphatic imine (C=N–C) groups is 2. The van der Waals surface area contributed by atoms with Gasteiger partial charge < -0.3 is 49.9 Å². The van der Waals surface area contributed by atoms with Crippen LogP contribution >= 0.6 is 49.7 Å². The molecule has 1 aliphatic carbocycles. The van der Waals surface area contributed by atoms with E-state index < -0.39 is 57.9 Å². The summed E-state index contributed by atoms with van der Waals surface area (Å²) < 4.78 is 40.5. The summed E-state index contributed by atoms with van der Waals surface area (Å²) in [4.78, 5) is 107. The molecular weight excluding hydrogens is 1230 g/mol. The van der Waals surface area contributed by atoms with Gasteiger partial charge in [0.15, 0.2) is 21.7 Å². The van der Waals surface area contributed by atoms with Crippen LogP contribution in [0.1, 0.15) is 105 Å². The Morgan fingerprint density at radius 2 is 1.12 bits per heavy atom. The topological polar surface area (TPSA) is 255 Å². The summed E-state index contributed by atoms with van der Waals surface area (Å²) in [6.45, 7) is 19.8. The average Bonchev–Trinajstić information content (AvgIpc) is 1.74. The predicted octanol–water partition coefficient (Wildman–Crippen LogP) is 7.21. The molecule has 22 nitrogen and oxygen atoms in total. The maximum atomic E-state index is 14.8. The fourth-order valence-electron chi connectivity index (χ4n) is 12.6. The fraction of sp³-hybridized carbons (Fsp3) is 0.508. The number of amidine groups is 2. The molecule has 4 saturated heterocycles. The molecule has 89 heavy (non-hydrogen) atoms. The maximum Gasteiger partial charge on any atom is 0.338 e. The number of carboxylic acids is 2. The van der Waals surface area contributed by atoms with Crippen LogP contribution in [-0.2, 0) is 28.7 Å². The van der Waals surface area contributed by atoms with E-state index in [1.807, 2.05) is 34.4 Å². The number of carbonyl (C=O) groups excluding carboxylic acids is 4. The largest absolute Gasteiger partial charge is 0.481 e. The minimum absolute atomic E-state index is 0. The van der Waals surface area contributed by atoms with E-state index in [-0.39, 0.29) is 70.4 Å². The van der Waals surface area contributed by atoms with Crippen molar-refractivity contribution in [3.63, 3.8) is 0 Å².